The van der Waals surface area contributed by atoms with Crippen LogP contribution in [0.2, 0.25) is 0 Å². The summed E-state index contributed by atoms with van der Waals surface area (Å²) in [6, 6.07) is 0. The van der Waals surface area contributed by atoms with Crippen LogP contribution in [0, 0.1) is 0 Å². The molecular formula is C13H23N5O. The summed E-state index contributed by atoms with van der Waals surface area (Å²) >= 11 is 0. The van der Waals surface area contributed by atoms with Gasteiger partial charge in [-0.2, -0.15) is 0 Å². The Morgan fingerprint density at radius 3 is 2.84 bits per heavy atom. The van der Waals surface area contributed by atoms with Crippen LogP contribution in [-0.2, 0) is 11.2 Å². The van der Waals surface area contributed by atoms with E-state index in [1.54, 1.807) is 12.4 Å². The summed E-state index contributed by atoms with van der Waals surface area (Å²) in [4.78, 5) is 21.7. The first-order chi connectivity index (χ1) is 9.10. The van der Waals surface area contributed by atoms with Crippen molar-refractivity contribution >= 4 is 5.91 Å². The number of hydrogen-bond acceptors (Lipinski definition) is 4. The van der Waals surface area contributed by atoms with Gasteiger partial charge in [0, 0.05) is 51.5 Å². The van der Waals surface area contributed by atoms with Crippen LogP contribution in [0.3, 0.4) is 0 Å². The molecule has 1 amide bonds. The second kappa shape index (κ2) is 6.16. The minimum Gasteiger partial charge on any atom is -0.354 e. The van der Waals surface area contributed by atoms with Crippen LogP contribution in [0.1, 0.15) is 19.7 Å². The number of nitrogens with one attached hydrogen (secondary N) is 3. The van der Waals surface area contributed by atoms with Gasteiger partial charge in [-0.25, -0.2) is 4.98 Å². The summed E-state index contributed by atoms with van der Waals surface area (Å²) in [5, 5.41) is 6.30. The van der Waals surface area contributed by atoms with Crippen molar-refractivity contribution in [3.8, 4) is 0 Å². The molecule has 1 saturated heterocycles. The van der Waals surface area contributed by atoms with E-state index >= 15 is 0 Å². The van der Waals surface area contributed by atoms with Gasteiger partial charge in [-0.15, -0.1) is 0 Å². The maximum Gasteiger partial charge on any atom is 0.239 e. The summed E-state index contributed by atoms with van der Waals surface area (Å²) in [5.41, 5.74) is -0.453. The Morgan fingerprint density at radius 2 is 2.21 bits per heavy atom. The fourth-order valence-corrected chi connectivity index (χ4v) is 2.31. The Bertz CT molecular complexity index is 395. The zero-order valence-corrected chi connectivity index (χ0v) is 11.7. The van der Waals surface area contributed by atoms with Crippen LogP contribution < -0.4 is 10.6 Å². The van der Waals surface area contributed by atoms with Gasteiger partial charge in [0.1, 0.15) is 5.82 Å². The van der Waals surface area contributed by atoms with E-state index in [1.807, 2.05) is 13.8 Å². The molecule has 2 heterocycles. The average Bonchev–Trinajstić information content (AvgIpc) is 2.93. The van der Waals surface area contributed by atoms with Crippen LogP contribution in [0.15, 0.2) is 12.4 Å². The van der Waals surface area contributed by atoms with E-state index in [0.717, 1.165) is 38.4 Å². The van der Waals surface area contributed by atoms with Gasteiger partial charge in [0.15, 0.2) is 0 Å². The largest absolute Gasteiger partial charge is 0.354 e. The summed E-state index contributed by atoms with van der Waals surface area (Å²) < 4.78 is 0. The second-order valence-electron chi connectivity index (χ2n) is 5.34. The quantitative estimate of drug-likeness (QED) is 0.686. The van der Waals surface area contributed by atoms with Crippen molar-refractivity contribution in [3.05, 3.63) is 18.2 Å². The predicted molar refractivity (Wildman–Crippen MR) is 73.8 cm³/mol. The highest BCUT2D eigenvalue weighted by Gasteiger charge is 2.34. The number of amides is 1. The SMILES string of the molecule is CC(C)(C(=O)NCCc1ncc[nH]1)N1CCNCC1. The number of H-pyrrole nitrogens is 1. The Kier molecular flexibility index (Phi) is 4.55. The third-order valence-electron chi connectivity index (χ3n) is 3.67. The topological polar surface area (TPSA) is 73.0 Å². The molecule has 1 aliphatic rings. The van der Waals surface area contributed by atoms with E-state index < -0.39 is 5.54 Å². The molecular weight excluding hydrogens is 242 g/mol. The van der Waals surface area contributed by atoms with Gasteiger partial charge in [-0.05, 0) is 13.8 Å². The molecule has 0 atom stereocenters. The number of nitrogens with zero attached hydrogens (tertiary/aromatic N) is 2. The Balaban J connectivity index is 1.80. The lowest BCUT2D eigenvalue weighted by atomic mass is 10.0. The van der Waals surface area contributed by atoms with Crippen LogP contribution in [0.5, 0.6) is 0 Å². The molecule has 1 aliphatic heterocycles. The lowest BCUT2D eigenvalue weighted by Crippen LogP contribution is -2.60. The molecule has 1 aromatic heterocycles. The molecule has 0 aliphatic carbocycles. The monoisotopic (exact) mass is 265 g/mol. The molecule has 6 heteroatoms. The van der Waals surface area contributed by atoms with Gasteiger partial charge < -0.3 is 15.6 Å². The van der Waals surface area contributed by atoms with E-state index in [1.165, 1.54) is 0 Å². The predicted octanol–water partition coefficient (Wildman–Crippen LogP) is -0.248. The molecule has 2 rings (SSSR count). The maximum atomic E-state index is 12.3. The van der Waals surface area contributed by atoms with Crippen molar-refractivity contribution in [2.45, 2.75) is 25.8 Å². The van der Waals surface area contributed by atoms with Crippen molar-refractivity contribution in [2.24, 2.45) is 0 Å². The molecule has 0 saturated carbocycles. The zero-order valence-electron chi connectivity index (χ0n) is 11.7. The van der Waals surface area contributed by atoms with Crippen molar-refractivity contribution < 1.29 is 4.79 Å². The van der Waals surface area contributed by atoms with Crippen molar-refractivity contribution in [3.63, 3.8) is 0 Å². The molecule has 1 fully saturated rings. The fourth-order valence-electron chi connectivity index (χ4n) is 2.31. The van der Waals surface area contributed by atoms with Crippen molar-refractivity contribution in [1.29, 1.82) is 0 Å². The van der Waals surface area contributed by atoms with Gasteiger partial charge in [0.2, 0.25) is 5.91 Å². The van der Waals surface area contributed by atoms with Crippen molar-refractivity contribution in [1.82, 2.24) is 25.5 Å². The molecule has 3 N–H and O–H groups in total. The summed E-state index contributed by atoms with van der Waals surface area (Å²) in [6.45, 7) is 8.31. The normalized spacial score (nSPS) is 17.4. The molecule has 106 valence electrons. The minimum atomic E-state index is -0.453. The molecule has 0 radical (unpaired) electrons. The van der Waals surface area contributed by atoms with Gasteiger partial charge in [0.25, 0.3) is 0 Å². The number of piperazine rings is 1. The van der Waals surface area contributed by atoms with E-state index in [2.05, 4.69) is 25.5 Å². The first-order valence-corrected chi connectivity index (χ1v) is 6.83. The highest BCUT2D eigenvalue weighted by molar-refractivity contribution is 5.85. The molecule has 6 nitrogen and oxygen atoms in total. The Labute approximate surface area is 114 Å². The van der Waals surface area contributed by atoms with Crippen molar-refractivity contribution in [2.75, 3.05) is 32.7 Å². The third-order valence-corrected chi connectivity index (χ3v) is 3.67. The third kappa shape index (κ3) is 3.54. The van der Waals surface area contributed by atoms with Crippen LogP contribution in [0.4, 0.5) is 0 Å². The average molecular weight is 265 g/mol. The lowest BCUT2D eigenvalue weighted by Gasteiger charge is -2.39. The summed E-state index contributed by atoms with van der Waals surface area (Å²) in [7, 11) is 0. The molecule has 0 spiro atoms. The first-order valence-electron chi connectivity index (χ1n) is 6.83. The second-order valence-corrected chi connectivity index (χ2v) is 5.34. The number of aromatic amines is 1. The number of carbonyl (C=O) groups is 1. The highest BCUT2D eigenvalue weighted by atomic mass is 16.2. The van der Waals surface area contributed by atoms with Gasteiger partial charge in [-0.1, -0.05) is 0 Å². The van der Waals surface area contributed by atoms with E-state index in [0.29, 0.717) is 6.54 Å². The standard InChI is InChI=1S/C13H23N5O/c1-13(2,18-9-7-14-8-10-18)12(19)17-4-3-11-15-5-6-16-11/h5-6,14H,3-4,7-10H2,1-2H3,(H,15,16)(H,17,19). The minimum absolute atomic E-state index is 0.0842. The molecule has 0 unspecified atom stereocenters. The van der Waals surface area contributed by atoms with Gasteiger partial charge in [0.05, 0.1) is 5.54 Å². The Hall–Kier alpha value is -1.40. The number of carbonyl (C=O) groups excluding carboxylic acids is 1. The van der Waals surface area contributed by atoms with Gasteiger partial charge >= 0.3 is 0 Å². The molecule has 0 bridgehead atoms. The number of rotatable bonds is 5. The van der Waals surface area contributed by atoms with Crippen LogP contribution >= 0.6 is 0 Å². The summed E-state index contributed by atoms with van der Waals surface area (Å²) in [5.74, 6) is 0.987. The zero-order chi connectivity index (χ0) is 13.7. The van der Waals surface area contributed by atoms with E-state index in [-0.39, 0.29) is 5.91 Å². The molecule has 0 aromatic carbocycles. The maximum absolute atomic E-state index is 12.3. The van der Waals surface area contributed by atoms with Gasteiger partial charge in [-0.3, -0.25) is 9.69 Å². The molecule has 19 heavy (non-hydrogen) atoms. The Morgan fingerprint density at radius 1 is 1.47 bits per heavy atom. The van der Waals surface area contributed by atoms with E-state index in [9.17, 15) is 4.79 Å². The first kappa shape index (κ1) is 14.0. The smallest absolute Gasteiger partial charge is 0.239 e. The number of imidazole rings is 1. The lowest BCUT2D eigenvalue weighted by molar-refractivity contribution is -0.132. The number of hydrogen-bond donors (Lipinski definition) is 3. The highest BCUT2D eigenvalue weighted by Crippen LogP contribution is 2.15. The summed E-state index contributed by atoms with van der Waals surface area (Å²) in [6.07, 6.45) is 4.25. The van der Waals surface area contributed by atoms with Crippen LogP contribution in [0.25, 0.3) is 0 Å². The van der Waals surface area contributed by atoms with Crippen LogP contribution in [-0.4, -0.2) is 59.0 Å². The fraction of sp³-hybridized carbons (Fsp3) is 0.692. The number of aromatic nitrogens is 2. The molecule has 1 aromatic rings. The van der Waals surface area contributed by atoms with E-state index in [4.69, 9.17) is 0 Å².